The van der Waals surface area contributed by atoms with Gasteiger partial charge in [0.05, 0.1) is 19.3 Å². The van der Waals surface area contributed by atoms with Gasteiger partial charge < -0.3 is 15.4 Å². The van der Waals surface area contributed by atoms with E-state index in [-0.39, 0.29) is 5.69 Å². The molecule has 7 nitrogen and oxygen atoms in total. The highest BCUT2D eigenvalue weighted by Crippen LogP contribution is 1.99. The fourth-order valence-corrected chi connectivity index (χ4v) is 1.27. The smallest absolute Gasteiger partial charge is 0.360 e. The van der Waals surface area contributed by atoms with E-state index in [1.807, 2.05) is 20.2 Å². The quantitative estimate of drug-likeness (QED) is 0.672. The van der Waals surface area contributed by atoms with Gasteiger partial charge in [0.15, 0.2) is 5.69 Å². The molecule has 0 saturated carbocycles. The number of nitrogens with one attached hydrogen (secondary N) is 2. The maximum absolute atomic E-state index is 11.4. The Balaban J connectivity index is 2.65. The average molecular weight is 253 g/mol. The van der Waals surface area contributed by atoms with E-state index in [0.29, 0.717) is 13.2 Å². The fourth-order valence-electron chi connectivity index (χ4n) is 1.27. The van der Waals surface area contributed by atoms with Gasteiger partial charge >= 0.3 is 5.97 Å². The summed E-state index contributed by atoms with van der Waals surface area (Å²) in [4.78, 5) is 11.4. The van der Waals surface area contributed by atoms with E-state index in [0.717, 1.165) is 12.2 Å². The molecule has 0 radical (unpaired) electrons. The molecule has 1 aromatic rings. The van der Waals surface area contributed by atoms with Crippen LogP contribution in [0.25, 0.3) is 0 Å². The summed E-state index contributed by atoms with van der Waals surface area (Å²) >= 11 is 0. The SMILES string of the molecule is CCN/C=C(/Cn1cc(C(=O)OCC)nn1)NC. The highest BCUT2D eigenvalue weighted by Gasteiger charge is 2.11. The Bertz CT molecular complexity index is 413. The van der Waals surface area contributed by atoms with Gasteiger partial charge in [0.25, 0.3) is 0 Å². The topological polar surface area (TPSA) is 81.1 Å². The number of allylic oxidation sites excluding steroid dienone is 1. The molecule has 0 saturated heterocycles. The number of carbonyl (C=O) groups excluding carboxylic acids is 1. The fraction of sp³-hybridized carbons (Fsp3) is 0.545. The van der Waals surface area contributed by atoms with E-state index in [2.05, 4.69) is 20.9 Å². The molecule has 0 spiro atoms. The third-order valence-electron chi connectivity index (χ3n) is 2.16. The van der Waals surface area contributed by atoms with Crippen LogP contribution >= 0.6 is 0 Å². The summed E-state index contributed by atoms with van der Waals surface area (Å²) < 4.78 is 6.42. The first-order valence-electron chi connectivity index (χ1n) is 5.88. The molecule has 100 valence electrons. The van der Waals surface area contributed by atoms with Crippen molar-refractivity contribution in [2.45, 2.75) is 20.4 Å². The Morgan fingerprint density at radius 2 is 2.33 bits per heavy atom. The third-order valence-corrected chi connectivity index (χ3v) is 2.16. The molecule has 18 heavy (non-hydrogen) atoms. The molecule has 0 aliphatic carbocycles. The first-order chi connectivity index (χ1) is 8.71. The summed E-state index contributed by atoms with van der Waals surface area (Å²) in [5, 5.41) is 13.8. The van der Waals surface area contributed by atoms with Crippen LogP contribution in [0.4, 0.5) is 0 Å². The number of aromatic nitrogens is 3. The van der Waals surface area contributed by atoms with Gasteiger partial charge in [0.2, 0.25) is 0 Å². The number of esters is 1. The minimum Gasteiger partial charge on any atom is -0.461 e. The van der Waals surface area contributed by atoms with Crippen LogP contribution < -0.4 is 10.6 Å². The van der Waals surface area contributed by atoms with Crippen molar-refractivity contribution in [3.8, 4) is 0 Å². The monoisotopic (exact) mass is 253 g/mol. The van der Waals surface area contributed by atoms with Crippen molar-refractivity contribution in [3.05, 3.63) is 23.8 Å². The number of nitrogens with zero attached hydrogens (tertiary/aromatic N) is 3. The van der Waals surface area contributed by atoms with Gasteiger partial charge in [-0.05, 0) is 13.8 Å². The number of ether oxygens (including phenoxy) is 1. The van der Waals surface area contributed by atoms with Crippen molar-refractivity contribution < 1.29 is 9.53 Å². The molecule has 0 fully saturated rings. The van der Waals surface area contributed by atoms with Gasteiger partial charge in [-0.15, -0.1) is 5.10 Å². The number of hydrogen-bond acceptors (Lipinski definition) is 6. The van der Waals surface area contributed by atoms with Crippen LogP contribution in [0.1, 0.15) is 24.3 Å². The molecule has 0 unspecified atom stereocenters. The molecule has 0 amide bonds. The molecule has 2 N–H and O–H groups in total. The lowest BCUT2D eigenvalue weighted by Crippen LogP contribution is -2.17. The normalized spacial score (nSPS) is 11.2. The van der Waals surface area contributed by atoms with Gasteiger partial charge in [-0.2, -0.15) is 0 Å². The predicted octanol–water partition coefficient (Wildman–Crippen LogP) is 0.125. The Morgan fingerprint density at radius 1 is 1.56 bits per heavy atom. The first-order valence-corrected chi connectivity index (χ1v) is 5.88. The third kappa shape index (κ3) is 4.08. The molecule has 0 atom stereocenters. The number of hydrogen-bond donors (Lipinski definition) is 2. The van der Waals surface area contributed by atoms with Gasteiger partial charge in [-0.3, -0.25) is 0 Å². The van der Waals surface area contributed by atoms with Crippen LogP contribution in [-0.4, -0.2) is 41.2 Å². The van der Waals surface area contributed by atoms with Crippen molar-refractivity contribution in [1.29, 1.82) is 0 Å². The number of likely N-dealkylation sites (N-methyl/N-ethyl adjacent to an activating group) is 1. The summed E-state index contributed by atoms with van der Waals surface area (Å²) in [6, 6.07) is 0. The summed E-state index contributed by atoms with van der Waals surface area (Å²) in [5.41, 5.74) is 1.16. The molecule has 0 aliphatic heterocycles. The Hall–Kier alpha value is -2.05. The lowest BCUT2D eigenvalue weighted by Gasteiger charge is -2.06. The molecule has 0 bridgehead atoms. The molecular weight excluding hydrogens is 234 g/mol. The van der Waals surface area contributed by atoms with Crippen LogP contribution in [0.5, 0.6) is 0 Å². The van der Waals surface area contributed by atoms with Crippen LogP contribution in [0.2, 0.25) is 0 Å². The molecule has 0 aromatic carbocycles. The highest BCUT2D eigenvalue weighted by molar-refractivity contribution is 5.86. The number of carbonyl (C=O) groups is 1. The minimum absolute atomic E-state index is 0.218. The summed E-state index contributed by atoms with van der Waals surface area (Å²) in [6.45, 7) is 5.44. The standard InChI is InChI=1S/C11H19N5O2/c1-4-13-6-9(12-3)7-16-8-10(14-15-16)11(17)18-5-2/h6,8,12-13H,4-5,7H2,1-3H3/b9-6-. The molecule has 0 aliphatic rings. The molecular formula is C11H19N5O2. The highest BCUT2D eigenvalue weighted by atomic mass is 16.5. The Kier molecular flexibility index (Phi) is 5.69. The number of rotatable bonds is 7. The molecule has 1 aromatic heterocycles. The van der Waals surface area contributed by atoms with E-state index in [1.54, 1.807) is 17.8 Å². The van der Waals surface area contributed by atoms with Gasteiger partial charge in [0, 0.05) is 25.5 Å². The zero-order valence-corrected chi connectivity index (χ0v) is 10.9. The van der Waals surface area contributed by atoms with Crippen LogP contribution in [0, 0.1) is 0 Å². The second-order valence-corrected chi connectivity index (χ2v) is 3.50. The summed E-state index contributed by atoms with van der Waals surface area (Å²) in [7, 11) is 1.83. The van der Waals surface area contributed by atoms with Gasteiger partial charge in [0.1, 0.15) is 0 Å². The van der Waals surface area contributed by atoms with E-state index >= 15 is 0 Å². The van der Waals surface area contributed by atoms with E-state index in [4.69, 9.17) is 4.74 Å². The summed E-state index contributed by atoms with van der Waals surface area (Å²) in [5.74, 6) is -0.453. The van der Waals surface area contributed by atoms with E-state index in [9.17, 15) is 4.79 Å². The van der Waals surface area contributed by atoms with Crippen molar-refractivity contribution in [2.24, 2.45) is 0 Å². The zero-order valence-electron chi connectivity index (χ0n) is 10.9. The Labute approximate surface area is 106 Å². The van der Waals surface area contributed by atoms with Crippen LogP contribution in [0.3, 0.4) is 0 Å². The minimum atomic E-state index is -0.453. The Morgan fingerprint density at radius 3 is 2.94 bits per heavy atom. The predicted molar refractivity (Wildman–Crippen MR) is 66.8 cm³/mol. The van der Waals surface area contributed by atoms with Gasteiger partial charge in [-0.25, -0.2) is 9.48 Å². The molecule has 1 rings (SSSR count). The van der Waals surface area contributed by atoms with Crippen LogP contribution in [0.15, 0.2) is 18.1 Å². The second kappa shape index (κ2) is 7.31. The van der Waals surface area contributed by atoms with Gasteiger partial charge in [-0.1, -0.05) is 5.21 Å². The maximum Gasteiger partial charge on any atom is 0.360 e. The van der Waals surface area contributed by atoms with Crippen LogP contribution in [-0.2, 0) is 11.3 Å². The maximum atomic E-state index is 11.4. The van der Waals surface area contributed by atoms with Crippen molar-refractivity contribution in [3.63, 3.8) is 0 Å². The summed E-state index contributed by atoms with van der Waals surface area (Å²) in [6.07, 6.45) is 3.43. The molecule has 7 heteroatoms. The van der Waals surface area contributed by atoms with E-state index in [1.165, 1.54) is 0 Å². The van der Waals surface area contributed by atoms with Crippen molar-refractivity contribution in [1.82, 2.24) is 25.6 Å². The second-order valence-electron chi connectivity index (χ2n) is 3.50. The lowest BCUT2D eigenvalue weighted by molar-refractivity contribution is 0.0519. The van der Waals surface area contributed by atoms with Crippen molar-refractivity contribution >= 4 is 5.97 Å². The first kappa shape index (κ1) is 14.0. The lowest BCUT2D eigenvalue weighted by atomic mass is 10.4. The average Bonchev–Trinajstić information content (AvgIpc) is 2.83. The van der Waals surface area contributed by atoms with Crippen molar-refractivity contribution in [2.75, 3.05) is 20.2 Å². The zero-order chi connectivity index (χ0) is 13.4. The van der Waals surface area contributed by atoms with E-state index < -0.39 is 5.97 Å². The largest absolute Gasteiger partial charge is 0.461 e. The molecule has 1 heterocycles.